The molecular weight excluding hydrogens is 298 g/mol. The predicted octanol–water partition coefficient (Wildman–Crippen LogP) is -0.0949. The molecule has 23 heavy (non-hydrogen) atoms. The first-order valence-electron chi connectivity index (χ1n) is 7.78. The maximum Gasteiger partial charge on any atom is 0.251 e. The number of nitrogens with zero attached hydrogens (tertiary/aromatic N) is 1. The molecule has 2 heterocycles. The Morgan fingerprint density at radius 2 is 2.26 bits per heavy atom. The summed E-state index contributed by atoms with van der Waals surface area (Å²) in [6.45, 7) is 2.27. The molecule has 0 radical (unpaired) electrons. The van der Waals surface area contributed by atoms with Crippen molar-refractivity contribution in [3.63, 3.8) is 0 Å². The number of rotatable bonds is 4. The van der Waals surface area contributed by atoms with Gasteiger partial charge in [-0.3, -0.25) is 9.59 Å². The van der Waals surface area contributed by atoms with Crippen molar-refractivity contribution < 1.29 is 19.1 Å². The van der Waals surface area contributed by atoms with Crippen molar-refractivity contribution in [3.05, 3.63) is 24.3 Å². The maximum absolute atomic E-state index is 12.6. The average molecular weight is 319 g/mol. The number of morpholine rings is 1. The highest BCUT2D eigenvalue weighted by Crippen LogP contribution is 2.31. The summed E-state index contributed by atoms with van der Waals surface area (Å²) in [4.78, 5) is 26.4. The lowest BCUT2D eigenvalue weighted by Crippen LogP contribution is -2.51. The minimum atomic E-state index is -0.531. The van der Waals surface area contributed by atoms with E-state index in [4.69, 9.17) is 9.47 Å². The molecule has 124 valence electrons. The van der Waals surface area contributed by atoms with Crippen LogP contribution in [0.15, 0.2) is 24.3 Å². The van der Waals surface area contributed by atoms with Crippen molar-refractivity contribution >= 4 is 17.5 Å². The van der Waals surface area contributed by atoms with Crippen LogP contribution in [-0.4, -0.2) is 57.3 Å². The summed E-state index contributed by atoms with van der Waals surface area (Å²) in [7, 11) is 1.58. The first-order valence-corrected chi connectivity index (χ1v) is 7.78. The van der Waals surface area contributed by atoms with Gasteiger partial charge in [0.2, 0.25) is 5.91 Å². The van der Waals surface area contributed by atoms with E-state index >= 15 is 0 Å². The first kappa shape index (κ1) is 15.8. The highest BCUT2D eigenvalue weighted by molar-refractivity contribution is 6.02. The van der Waals surface area contributed by atoms with Gasteiger partial charge in [0.15, 0.2) is 0 Å². The molecule has 2 N–H and O–H groups in total. The molecule has 1 aromatic rings. The van der Waals surface area contributed by atoms with Crippen LogP contribution < -0.4 is 20.3 Å². The first-order chi connectivity index (χ1) is 11.2. The third-order valence-electron chi connectivity index (χ3n) is 4.12. The second-order valence-corrected chi connectivity index (χ2v) is 5.58. The zero-order chi connectivity index (χ0) is 16.2. The topological polar surface area (TPSA) is 79.9 Å². The summed E-state index contributed by atoms with van der Waals surface area (Å²) in [5.41, 5.74) is 0.729. The molecule has 2 atom stereocenters. The molecule has 2 fully saturated rings. The predicted molar refractivity (Wildman–Crippen MR) is 84.5 cm³/mol. The molecule has 0 spiro atoms. The molecule has 0 aliphatic carbocycles. The smallest absolute Gasteiger partial charge is 0.251 e. The monoisotopic (exact) mass is 319 g/mol. The minimum Gasteiger partial charge on any atom is -0.495 e. The molecule has 0 bridgehead atoms. The van der Waals surface area contributed by atoms with Crippen LogP contribution >= 0.6 is 0 Å². The van der Waals surface area contributed by atoms with Crippen LogP contribution in [0.3, 0.4) is 0 Å². The number of para-hydroxylation sites is 2. The Morgan fingerprint density at radius 1 is 1.43 bits per heavy atom. The summed E-state index contributed by atoms with van der Waals surface area (Å²) >= 11 is 0. The van der Waals surface area contributed by atoms with E-state index in [0.717, 1.165) is 12.2 Å². The van der Waals surface area contributed by atoms with Crippen molar-refractivity contribution in [1.82, 2.24) is 10.6 Å². The van der Waals surface area contributed by atoms with Gasteiger partial charge in [0.05, 0.1) is 19.4 Å². The van der Waals surface area contributed by atoms with E-state index < -0.39 is 12.1 Å². The van der Waals surface area contributed by atoms with Crippen LogP contribution in [0.25, 0.3) is 0 Å². The van der Waals surface area contributed by atoms with Gasteiger partial charge < -0.3 is 25.0 Å². The molecule has 3 rings (SSSR count). The molecule has 2 unspecified atom stereocenters. The Labute approximate surface area is 134 Å². The summed E-state index contributed by atoms with van der Waals surface area (Å²) < 4.78 is 10.7. The lowest BCUT2D eigenvalue weighted by molar-refractivity contribution is -0.136. The Bertz CT molecular complexity index is 586. The van der Waals surface area contributed by atoms with Gasteiger partial charge in [-0.2, -0.15) is 0 Å². The van der Waals surface area contributed by atoms with Gasteiger partial charge in [-0.25, -0.2) is 0 Å². The minimum absolute atomic E-state index is 0.119. The highest BCUT2D eigenvalue weighted by Gasteiger charge is 2.36. The number of amides is 2. The van der Waals surface area contributed by atoms with Gasteiger partial charge in [-0.1, -0.05) is 12.1 Å². The molecule has 2 saturated heterocycles. The van der Waals surface area contributed by atoms with Gasteiger partial charge in [0.1, 0.15) is 17.9 Å². The van der Waals surface area contributed by atoms with Crippen LogP contribution in [-0.2, 0) is 14.3 Å². The largest absolute Gasteiger partial charge is 0.495 e. The van der Waals surface area contributed by atoms with Gasteiger partial charge in [-0.15, -0.1) is 0 Å². The van der Waals surface area contributed by atoms with Crippen LogP contribution in [0, 0.1) is 0 Å². The normalized spacial score (nSPS) is 24.6. The van der Waals surface area contributed by atoms with Crippen LogP contribution in [0.1, 0.15) is 6.42 Å². The zero-order valence-corrected chi connectivity index (χ0v) is 13.1. The van der Waals surface area contributed by atoms with Crippen LogP contribution in [0.4, 0.5) is 5.69 Å². The fraction of sp³-hybridized carbons (Fsp3) is 0.500. The third kappa shape index (κ3) is 3.30. The molecule has 0 aromatic heterocycles. The molecule has 2 aliphatic rings. The van der Waals surface area contributed by atoms with E-state index in [1.165, 1.54) is 0 Å². The Hall–Kier alpha value is -2.12. The van der Waals surface area contributed by atoms with Crippen LogP contribution in [0.5, 0.6) is 5.75 Å². The van der Waals surface area contributed by atoms with Crippen molar-refractivity contribution in [2.75, 3.05) is 38.3 Å². The van der Waals surface area contributed by atoms with Crippen LogP contribution in [0.2, 0.25) is 0 Å². The summed E-state index contributed by atoms with van der Waals surface area (Å²) in [6, 6.07) is 6.86. The molecule has 0 saturated carbocycles. The van der Waals surface area contributed by atoms with E-state index in [-0.39, 0.29) is 11.8 Å². The van der Waals surface area contributed by atoms with Crippen molar-refractivity contribution in [2.24, 2.45) is 0 Å². The molecular formula is C16H21N3O4. The Morgan fingerprint density at radius 3 is 3.00 bits per heavy atom. The Kier molecular flexibility index (Phi) is 4.78. The van der Waals surface area contributed by atoms with E-state index in [9.17, 15) is 9.59 Å². The number of ether oxygens (including phenoxy) is 2. The van der Waals surface area contributed by atoms with Crippen molar-refractivity contribution in [1.29, 1.82) is 0 Å². The lowest BCUT2D eigenvalue weighted by atomic mass is 10.2. The third-order valence-corrected chi connectivity index (χ3v) is 4.12. The molecule has 2 aliphatic heterocycles. The number of hydrogen-bond donors (Lipinski definition) is 2. The summed E-state index contributed by atoms with van der Waals surface area (Å²) in [5, 5.41) is 5.90. The molecule has 7 nitrogen and oxygen atoms in total. The van der Waals surface area contributed by atoms with Gasteiger partial charge >= 0.3 is 0 Å². The molecule has 7 heteroatoms. The average Bonchev–Trinajstić information content (AvgIpc) is 2.96. The number of nitrogens with one attached hydrogen (secondary N) is 2. The van der Waals surface area contributed by atoms with E-state index in [1.54, 1.807) is 12.0 Å². The standard InChI is InChI=1S/C16H21N3O4/c1-22-13-5-3-2-4-12(13)19-8-6-11(16(19)21)18-15(20)14-10-17-7-9-23-14/h2-5,11,14,17H,6-10H2,1H3,(H,18,20). The maximum atomic E-state index is 12.6. The number of anilines is 1. The highest BCUT2D eigenvalue weighted by atomic mass is 16.5. The number of methoxy groups -OCH3 is 1. The van der Waals surface area contributed by atoms with Gasteiger partial charge in [-0.05, 0) is 18.6 Å². The second kappa shape index (κ2) is 6.97. The lowest BCUT2D eigenvalue weighted by Gasteiger charge is -2.24. The number of carbonyl (C=O) groups excluding carboxylic acids is 2. The quantitative estimate of drug-likeness (QED) is 0.810. The molecule has 2 amide bonds. The van der Waals surface area contributed by atoms with Gasteiger partial charge in [0.25, 0.3) is 5.91 Å². The van der Waals surface area contributed by atoms with Crippen molar-refractivity contribution in [2.45, 2.75) is 18.6 Å². The van der Waals surface area contributed by atoms with E-state index in [0.29, 0.717) is 31.9 Å². The Balaban J connectivity index is 1.65. The second-order valence-electron chi connectivity index (χ2n) is 5.58. The number of hydrogen-bond acceptors (Lipinski definition) is 5. The van der Waals surface area contributed by atoms with Gasteiger partial charge in [0, 0.05) is 19.6 Å². The molecule has 1 aromatic carbocycles. The van der Waals surface area contributed by atoms with E-state index in [1.807, 2.05) is 24.3 Å². The fourth-order valence-corrected chi connectivity index (χ4v) is 2.90. The van der Waals surface area contributed by atoms with E-state index in [2.05, 4.69) is 10.6 Å². The summed E-state index contributed by atoms with van der Waals surface area (Å²) in [5.74, 6) is 0.289. The summed E-state index contributed by atoms with van der Waals surface area (Å²) in [6.07, 6.45) is 0.0415. The zero-order valence-electron chi connectivity index (χ0n) is 13.1. The number of carbonyl (C=O) groups is 2. The SMILES string of the molecule is COc1ccccc1N1CCC(NC(=O)C2CNCCO2)C1=O. The number of benzene rings is 1. The fourth-order valence-electron chi connectivity index (χ4n) is 2.90. The van der Waals surface area contributed by atoms with Crippen molar-refractivity contribution in [3.8, 4) is 5.75 Å².